The van der Waals surface area contributed by atoms with Gasteiger partial charge in [-0.05, 0) is 23.8 Å². The van der Waals surface area contributed by atoms with E-state index in [1.54, 1.807) is 24.3 Å². The Labute approximate surface area is 110 Å². The zero-order chi connectivity index (χ0) is 13.7. The van der Waals surface area contributed by atoms with Gasteiger partial charge >= 0.3 is 5.97 Å². The molecule has 0 bridgehead atoms. The van der Waals surface area contributed by atoms with Crippen LogP contribution in [0.15, 0.2) is 42.7 Å². The van der Waals surface area contributed by atoms with Crippen LogP contribution in [0.1, 0.15) is 11.1 Å². The molecule has 2 N–H and O–H groups in total. The Morgan fingerprint density at radius 2 is 1.95 bits per heavy atom. The van der Waals surface area contributed by atoms with Crippen molar-refractivity contribution in [1.82, 2.24) is 4.98 Å². The molecule has 0 radical (unpaired) electrons. The van der Waals surface area contributed by atoms with Gasteiger partial charge in [-0.1, -0.05) is 12.1 Å². The predicted molar refractivity (Wildman–Crippen MR) is 68.5 cm³/mol. The highest BCUT2D eigenvalue weighted by atomic mass is 19.1. The molecule has 0 atom stereocenters. The standard InChI is InChI=1S/C14H13FN2O2/c15-12-5-11(7-17-8-12)9-19-14(18)6-10-1-3-13(16)4-2-10/h1-5,7-8H,6,9,16H2. The highest BCUT2D eigenvalue weighted by Crippen LogP contribution is 2.08. The molecule has 1 aromatic heterocycles. The van der Waals surface area contributed by atoms with Crippen LogP contribution in [0, 0.1) is 5.82 Å². The third-order valence-corrected chi connectivity index (χ3v) is 2.49. The van der Waals surface area contributed by atoms with Crippen molar-refractivity contribution >= 4 is 11.7 Å². The average Bonchev–Trinajstić information content (AvgIpc) is 2.39. The summed E-state index contributed by atoms with van der Waals surface area (Å²) in [7, 11) is 0. The van der Waals surface area contributed by atoms with Crippen molar-refractivity contribution in [3.05, 3.63) is 59.7 Å². The summed E-state index contributed by atoms with van der Waals surface area (Å²) in [4.78, 5) is 15.3. The van der Waals surface area contributed by atoms with Gasteiger partial charge in [-0.2, -0.15) is 0 Å². The molecule has 1 heterocycles. The van der Waals surface area contributed by atoms with Gasteiger partial charge in [-0.25, -0.2) is 4.39 Å². The van der Waals surface area contributed by atoms with Gasteiger partial charge in [0.1, 0.15) is 12.4 Å². The number of hydrogen-bond donors (Lipinski definition) is 1. The van der Waals surface area contributed by atoms with Crippen molar-refractivity contribution in [2.75, 3.05) is 5.73 Å². The van der Waals surface area contributed by atoms with Gasteiger partial charge in [0.05, 0.1) is 12.6 Å². The number of nitrogens with two attached hydrogens (primary N) is 1. The number of rotatable bonds is 4. The van der Waals surface area contributed by atoms with E-state index in [1.807, 2.05) is 0 Å². The monoisotopic (exact) mass is 260 g/mol. The van der Waals surface area contributed by atoms with E-state index in [2.05, 4.69) is 4.98 Å². The smallest absolute Gasteiger partial charge is 0.310 e. The summed E-state index contributed by atoms with van der Waals surface area (Å²) in [5.74, 6) is -0.832. The Morgan fingerprint density at radius 1 is 1.21 bits per heavy atom. The number of halogens is 1. The summed E-state index contributed by atoms with van der Waals surface area (Å²) in [6, 6.07) is 8.25. The van der Waals surface area contributed by atoms with Crippen LogP contribution >= 0.6 is 0 Å². The minimum Gasteiger partial charge on any atom is -0.460 e. The molecule has 0 saturated heterocycles. The molecule has 0 spiro atoms. The molecular weight excluding hydrogens is 247 g/mol. The molecule has 0 aliphatic rings. The van der Waals surface area contributed by atoms with Gasteiger partial charge in [0, 0.05) is 17.4 Å². The normalized spacial score (nSPS) is 10.2. The second-order valence-corrected chi connectivity index (χ2v) is 4.09. The number of aromatic nitrogens is 1. The molecule has 2 aromatic rings. The van der Waals surface area contributed by atoms with Crippen molar-refractivity contribution in [3.8, 4) is 0 Å². The van der Waals surface area contributed by atoms with Crippen molar-refractivity contribution < 1.29 is 13.9 Å². The number of ether oxygens (including phenoxy) is 1. The molecule has 0 amide bonds. The molecule has 4 nitrogen and oxygen atoms in total. The number of hydrogen-bond acceptors (Lipinski definition) is 4. The number of anilines is 1. The van der Waals surface area contributed by atoms with Crippen LogP contribution < -0.4 is 5.73 Å². The maximum Gasteiger partial charge on any atom is 0.310 e. The molecule has 19 heavy (non-hydrogen) atoms. The van der Waals surface area contributed by atoms with Gasteiger partial charge in [-0.3, -0.25) is 9.78 Å². The van der Waals surface area contributed by atoms with E-state index < -0.39 is 5.82 Å². The van der Waals surface area contributed by atoms with E-state index in [4.69, 9.17) is 10.5 Å². The molecular formula is C14H13FN2O2. The number of nitrogen functional groups attached to an aromatic ring is 1. The van der Waals surface area contributed by atoms with Gasteiger partial charge in [0.25, 0.3) is 0 Å². The minimum atomic E-state index is -0.452. The largest absolute Gasteiger partial charge is 0.460 e. The van der Waals surface area contributed by atoms with E-state index in [0.29, 0.717) is 11.3 Å². The van der Waals surface area contributed by atoms with E-state index in [0.717, 1.165) is 11.8 Å². The molecule has 5 heteroatoms. The summed E-state index contributed by atoms with van der Waals surface area (Å²) in [6.07, 6.45) is 2.71. The SMILES string of the molecule is Nc1ccc(CC(=O)OCc2cncc(F)c2)cc1. The molecule has 0 saturated carbocycles. The molecule has 2 rings (SSSR count). The van der Waals surface area contributed by atoms with Crippen LogP contribution in [-0.4, -0.2) is 11.0 Å². The topological polar surface area (TPSA) is 65.2 Å². The zero-order valence-electron chi connectivity index (χ0n) is 10.2. The number of esters is 1. The van der Waals surface area contributed by atoms with Crippen molar-refractivity contribution in [1.29, 1.82) is 0 Å². The number of benzene rings is 1. The number of nitrogens with zero attached hydrogens (tertiary/aromatic N) is 1. The lowest BCUT2D eigenvalue weighted by atomic mass is 10.1. The summed E-state index contributed by atoms with van der Waals surface area (Å²) in [6.45, 7) is 0.0125. The van der Waals surface area contributed by atoms with Crippen molar-refractivity contribution in [2.45, 2.75) is 13.0 Å². The Hall–Kier alpha value is -2.43. The van der Waals surface area contributed by atoms with Gasteiger partial charge in [0.2, 0.25) is 0 Å². The first-order valence-corrected chi connectivity index (χ1v) is 5.73. The Bertz CT molecular complexity index is 570. The van der Waals surface area contributed by atoms with Gasteiger partial charge in [0.15, 0.2) is 0 Å². The summed E-state index contributed by atoms with van der Waals surface area (Å²) >= 11 is 0. The minimum absolute atomic E-state index is 0.0125. The van der Waals surface area contributed by atoms with Crippen LogP contribution in [0.4, 0.5) is 10.1 Å². The molecule has 0 aliphatic heterocycles. The van der Waals surface area contributed by atoms with Crippen LogP contribution in [-0.2, 0) is 22.6 Å². The van der Waals surface area contributed by atoms with Gasteiger partial charge < -0.3 is 10.5 Å². The Morgan fingerprint density at radius 3 is 2.63 bits per heavy atom. The number of carbonyl (C=O) groups excluding carboxylic acids is 1. The fourth-order valence-corrected chi connectivity index (χ4v) is 1.55. The molecule has 98 valence electrons. The molecule has 1 aromatic carbocycles. The maximum absolute atomic E-state index is 12.9. The lowest BCUT2D eigenvalue weighted by Crippen LogP contribution is -2.08. The molecule has 0 aliphatic carbocycles. The summed E-state index contributed by atoms with van der Waals surface area (Å²) in [5.41, 5.74) is 7.52. The predicted octanol–water partition coefficient (Wildman–Crippen LogP) is 2.09. The zero-order valence-corrected chi connectivity index (χ0v) is 10.2. The van der Waals surface area contributed by atoms with Crippen LogP contribution in [0.5, 0.6) is 0 Å². The average molecular weight is 260 g/mol. The first kappa shape index (κ1) is 13.0. The molecule has 0 fully saturated rings. The Kier molecular flexibility index (Phi) is 4.07. The van der Waals surface area contributed by atoms with E-state index in [1.165, 1.54) is 12.3 Å². The summed E-state index contributed by atoms with van der Waals surface area (Å²) < 4.78 is 17.9. The number of pyridine rings is 1. The number of carbonyl (C=O) groups is 1. The highest BCUT2D eigenvalue weighted by molar-refractivity contribution is 5.72. The van der Waals surface area contributed by atoms with E-state index >= 15 is 0 Å². The maximum atomic E-state index is 12.9. The fourth-order valence-electron chi connectivity index (χ4n) is 1.55. The van der Waals surface area contributed by atoms with Crippen LogP contribution in [0.25, 0.3) is 0 Å². The quantitative estimate of drug-likeness (QED) is 0.675. The van der Waals surface area contributed by atoms with E-state index in [9.17, 15) is 9.18 Å². The van der Waals surface area contributed by atoms with Gasteiger partial charge in [-0.15, -0.1) is 0 Å². The van der Waals surface area contributed by atoms with Crippen molar-refractivity contribution in [2.24, 2.45) is 0 Å². The Balaban J connectivity index is 1.86. The van der Waals surface area contributed by atoms with Crippen LogP contribution in [0.2, 0.25) is 0 Å². The molecule has 0 unspecified atom stereocenters. The first-order valence-electron chi connectivity index (χ1n) is 5.73. The third-order valence-electron chi connectivity index (χ3n) is 2.49. The third kappa shape index (κ3) is 4.06. The lowest BCUT2D eigenvalue weighted by Gasteiger charge is -2.05. The summed E-state index contributed by atoms with van der Waals surface area (Å²) in [5, 5.41) is 0. The second kappa shape index (κ2) is 5.95. The van der Waals surface area contributed by atoms with E-state index in [-0.39, 0.29) is 19.0 Å². The lowest BCUT2D eigenvalue weighted by molar-refractivity contribution is -0.144. The van der Waals surface area contributed by atoms with Crippen molar-refractivity contribution in [3.63, 3.8) is 0 Å². The second-order valence-electron chi connectivity index (χ2n) is 4.09. The fraction of sp³-hybridized carbons (Fsp3) is 0.143. The highest BCUT2D eigenvalue weighted by Gasteiger charge is 2.06. The van der Waals surface area contributed by atoms with Crippen LogP contribution in [0.3, 0.4) is 0 Å². The first-order chi connectivity index (χ1) is 9.13.